The van der Waals surface area contributed by atoms with Gasteiger partial charge in [0.2, 0.25) is 0 Å². The third-order valence-electron chi connectivity index (χ3n) is 3.48. The number of hydrogen-bond donors (Lipinski definition) is 2. The number of amides is 1. The first-order chi connectivity index (χ1) is 9.78. The number of aliphatic hydroxyl groups is 1. The van der Waals surface area contributed by atoms with Crippen LogP contribution in [0, 0.1) is 0 Å². The fourth-order valence-corrected chi connectivity index (χ4v) is 2.42. The van der Waals surface area contributed by atoms with Crippen LogP contribution in [-0.2, 0) is 11.3 Å². The lowest BCUT2D eigenvalue weighted by Crippen LogP contribution is -2.44. The molecule has 1 fully saturated rings. The van der Waals surface area contributed by atoms with Gasteiger partial charge in [-0.2, -0.15) is 0 Å². The van der Waals surface area contributed by atoms with Gasteiger partial charge in [0.1, 0.15) is 6.61 Å². The van der Waals surface area contributed by atoms with Crippen molar-refractivity contribution in [2.24, 2.45) is 0 Å². The van der Waals surface area contributed by atoms with Gasteiger partial charge in [-0.15, -0.1) is 0 Å². The van der Waals surface area contributed by atoms with Crippen LogP contribution in [0.15, 0.2) is 30.3 Å². The van der Waals surface area contributed by atoms with E-state index in [4.69, 9.17) is 9.84 Å². The Morgan fingerprint density at radius 3 is 2.65 bits per heavy atom. The third kappa shape index (κ3) is 4.83. The second-order valence-electron chi connectivity index (χ2n) is 5.04. The maximum absolute atomic E-state index is 11.4. The maximum atomic E-state index is 11.4. The summed E-state index contributed by atoms with van der Waals surface area (Å²) in [6.45, 7) is 2.82. The Kier molecular flexibility index (Phi) is 5.83. The molecule has 1 aromatic rings. The van der Waals surface area contributed by atoms with Crippen molar-refractivity contribution in [3.63, 3.8) is 0 Å². The third-order valence-corrected chi connectivity index (χ3v) is 3.48. The van der Waals surface area contributed by atoms with Crippen LogP contribution in [0.25, 0.3) is 0 Å². The average molecular weight is 278 g/mol. The summed E-state index contributed by atoms with van der Waals surface area (Å²) in [6.07, 6.45) is 1.43. The molecule has 0 atom stereocenters. The van der Waals surface area contributed by atoms with E-state index < -0.39 is 6.09 Å². The molecule has 0 aliphatic carbocycles. The van der Waals surface area contributed by atoms with Gasteiger partial charge in [-0.1, -0.05) is 30.3 Å². The van der Waals surface area contributed by atoms with E-state index in [1.54, 1.807) is 0 Å². The number of aliphatic hydroxyl groups excluding tert-OH is 1. The molecule has 1 saturated heterocycles. The van der Waals surface area contributed by atoms with Crippen molar-refractivity contribution >= 4 is 6.09 Å². The average Bonchev–Trinajstić information content (AvgIpc) is 2.48. The quantitative estimate of drug-likeness (QED) is 0.854. The highest BCUT2D eigenvalue weighted by Gasteiger charge is 2.20. The largest absolute Gasteiger partial charge is 0.447 e. The van der Waals surface area contributed by atoms with Gasteiger partial charge in [-0.3, -0.25) is 4.90 Å². The van der Waals surface area contributed by atoms with Crippen LogP contribution in [0.4, 0.5) is 4.79 Å². The van der Waals surface area contributed by atoms with Gasteiger partial charge in [0, 0.05) is 25.7 Å². The molecule has 0 unspecified atom stereocenters. The van der Waals surface area contributed by atoms with E-state index in [1.165, 1.54) is 5.56 Å². The fraction of sp³-hybridized carbons (Fsp3) is 0.533. The molecule has 0 aromatic heterocycles. The van der Waals surface area contributed by atoms with Crippen molar-refractivity contribution in [3.8, 4) is 0 Å². The summed E-state index contributed by atoms with van der Waals surface area (Å²) in [7, 11) is 0. The number of ether oxygens (including phenoxy) is 1. The van der Waals surface area contributed by atoms with E-state index in [9.17, 15) is 4.79 Å². The van der Waals surface area contributed by atoms with Gasteiger partial charge in [0.05, 0.1) is 6.61 Å². The zero-order chi connectivity index (χ0) is 14.2. The Labute approximate surface area is 119 Å². The molecule has 0 saturated carbocycles. The standard InChI is InChI=1S/C15H22N2O3/c18-10-11-20-15(19)16-14-6-8-17(9-7-14)12-13-4-2-1-3-5-13/h1-5,14,18H,6-12H2,(H,16,19). The van der Waals surface area contributed by atoms with Gasteiger partial charge in [-0.25, -0.2) is 4.79 Å². The van der Waals surface area contributed by atoms with E-state index >= 15 is 0 Å². The van der Waals surface area contributed by atoms with Crippen LogP contribution < -0.4 is 5.32 Å². The van der Waals surface area contributed by atoms with E-state index in [1.807, 2.05) is 6.07 Å². The van der Waals surface area contributed by atoms with Crippen molar-refractivity contribution in [3.05, 3.63) is 35.9 Å². The molecule has 1 heterocycles. The van der Waals surface area contributed by atoms with Gasteiger partial charge < -0.3 is 15.2 Å². The van der Waals surface area contributed by atoms with Crippen LogP contribution in [0.3, 0.4) is 0 Å². The summed E-state index contributed by atoms with van der Waals surface area (Å²) < 4.78 is 4.80. The topological polar surface area (TPSA) is 61.8 Å². The first kappa shape index (κ1) is 14.8. The Balaban J connectivity index is 1.68. The van der Waals surface area contributed by atoms with Crippen molar-refractivity contribution < 1.29 is 14.6 Å². The molecule has 2 rings (SSSR count). The Bertz CT molecular complexity index is 403. The minimum Gasteiger partial charge on any atom is -0.447 e. The normalized spacial score (nSPS) is 16.9. The number of piperidine rings is 1. The summed E-state index contributed by atoms with van der Waals surface area (Å²) in [5, 5.41) is 11.4. The second-order valence-corrected chi connectivity index (χ2v) is 5.04. The van der Waals surface area contributed by atoms with Crippen molar-refractivity contribution in [1.29, 1.82) is 0 Å². The molecule has 20 heavy (non-hydrogen) atoms. The summed E-state index contributed by atoms with van der Waals surface area (Å²) in [6, 6.07) is 10.6. The van der Waals surface area contributed by atoms with Gasteiger partial charge in [0.15, 0.2) is 0 Å². The molecule has 5 heteroatoms. The number of likely N-dealkylation sites (tertiary alicyclic amines) is 1. The predicted molar refractivity (Wildman–Crippen MR) is 76.3 cm³/mol. The lowest BCUT2D eigenvalue weighted by molar-refractivity contribution is 0.110. The van der Waals surface area contributed by atoms with Gasteiger partial charge in [0.25, 0.3) is 0 Å². The number of alkyl carbamates (subject to hydrolysis) is 1. The fourth-order valence-electron chi connectivity index (χ4n) is 2.42. The van der Waals surface area contributed by atoms with Crippen LogP contribution >= 0.6 is 0 Å². The van der Waals surface area contributed by atoms with Crippen LogP contribution in [0.1, 0.15) is 18.4 Å². The molecule has 2 N–H and O–H groups in total. The summed E-state index contributed by atoms with van der Waals surface area (Å²) in [5.41, 5.74) is 1.32. The number of nitrogens with one attached hydrogen (secondary N) is 1. The predicted octanol–water partition coefficient (Wildman–Crippen LogP) is 1.37. The van der Waals surface area contributed by atoms with Gasteiger partial charge in [-0.05, 0) is 18.4 Å². The SMILES string of the molecule is O=C(NC1CCN(Cc2ccccc2)CC1)OCCO. The van der Waals surface area contributed by atoms with Crippen molar-refractivity contribution in [2.45, 2.75) is 25.4 Å². The molecule has 1 aromatic carbocycles. The van der Waals surface area contributed by atoms with E-state index in [2.05, 4.69) is 34.5 Å². The number of rotatable bonds is 5. The van der Waals surface area contributed by atoms with Crippen LogP contribution in [-0.4, -0.2) is 48.4 Å². The van der Waals surface area contributed by atoms with E-state index in [0.717, 1.165) is 32.5 Å². The van der Waals surface area contributed by atoms with Crippen molar-refractivity contribution in [2.75, 3.05) is 26.3 Å². The smallest absolute Gasteiger partial charge is 0.407 e. The van der Waals surface area contributed by atoms with Crippen LogP contribution in [0.5, 0.6) is 0 Å². The molecule has 1 aliphatic rings. The molecular formula is C15H22N2O3. The number of hydrogen-bond acceptors (Lipinski definition) is 4. The molecule has 1 amide bonds. The molecular weight excluding hydrogens is 256 g/mol. The molecule has 5 nitrogen and oxygen atoms in total. The molecule has 0 bridgehead atoms. The first-order valence-electron chi connectivity index (χ1n) is 7.08. The number of benzene rings is 1. The Hall–Kier alpha value is -1.59. The zero-order valence-electron chi connectivity index (χ0n) is 11.6. The van der Waals surface area contributed by atoms with Crippen molar-refractivity contribution in [1.82, 2.24) is 10.2 Å². The van der Waals surface area contributed by atoms with Gasteiger partial charge >= 0.3 is 6.09 Å². The highest BCUT2D eigenvalue weighted by molar-refractivity contribution is 5.67. The minimum absolute atomic E-state index is 0.0543. The second kappa shape index (κ2) is 7.87. The Morgan fingerprint density at radius 2 is 2.00 bits per heavy atom. The highest BCUT2D eigenvalue weighted by Crippen LogP contribution is 2.13. The first-order valence-corrected chi connectivity index (χ1v) is 7.08. The highest BCUT2D eigenvalue weighted by atomic mass is 16.6. The molecule has 0 spiro atoms. The zero-order valence-corrected chi connectivity index (χ0v) is 11.6. The molecule has 110 valence electrons. The lowest BCUT2D eigenvalue weighted by Gasteiger charge is -2.32. The molecule has 1 aliphatic heterocycles. The van der Waals surface area contributed by atoms with E-state index in [-0.39, 0.29) is 19.3 Å². The summed E-state index contributed by atoms with van der Waals surface area (Å²) in [5.74, 6) is 0. The van der Waals surface area contributed by atoms with Crippen LogP contribution in [0.2, 0.25) is 0 Å². The molecule has 0 radical (unpaired) electrons. The summed E-state index contributed by atoms with van der Waals surface area (Å²) in [4.78, 5) is 13.8. The number of nitrogens with zero attached hydrogens (tertiary/aromatic N) is 1. The minimum atomic E-state index is -0.430. The maximum Gasteiger partial charge on any atom is 0.407 e. The number of carbonyl (C=O) groups is 1. The van der Waals surface area contributed by atoms with E-state index in [0.29, 0.717) is 0 Å². The monoisotopic (exact) mass is 278 g/mol. The lowest BCUT2D eigenvalue weighted by atomic mass is 10.0. The summed E-state index contributed by atoms with van der Waals surface area (Å²) >= 11 is 0. The number of carbonyl (C=O) groups excluding carboxylic acids is 1. The Morgan fingerprint density at radius 1 is 1.30 bits per heavy atom.